The first-order valence-electron chi connectivity index (χ1n) is 10.2. The van der Waals surface area contributed by atoms with Crippen molar-refractivity contribution in [3.8, 4) is 39.6 Å². The number of ether oxygens (including phenoxy) is 2. The van der Waals surface area contributed by atoms with Gasteiger partial charge >= 0.3 is 0 Å². The minimum Gasteiger partial charge on any atom is -0.507 e. The summed E-state index contributed by atoms with van der Waals surface area (Å²) in [6.45, 7) is 4.33. The normalized spacial score (nSPS) is 10.7. The maximum atomic E-state index is 10.8. The van der Waals surface area contributed by atoms with Crippen LogP contribution in [0, 0.1) is 13.8 Å². The van der Waals surface area contributed by atoms with E-state index in [2.05, 4.69) is 9.97 Å². The highest BCUT2D eigenvalue weighted by Gasteiger charge is 2.18. The molecule has 0 saturated carbocycles. The number of anilines is 1. The van der Waals surface area contributed by atoms with Crippen molar-refractivity contribution in [2.75, 3.05) is 12.8 Å². The summed E-state index contributed by atoms with van der Waals surface area (Å²) in [5.74, 6) is 1.52. The maximum absolute atomic E-state index is 10.8. The lowest BCUT2D eigenvalue weighted by Gasteiger charge is -2.15. The fourth-order valence-electron chi connectivity index (χ4n) is 3.55. The molecule has 162 valence electrons. The van der Waals surface area contributed by atoms with Gasteiger partial charge in [0.05, 0.1) is 18.5 Å². The highest BCUT2D eigenvalue weighted by atomic mass is 16.5. The lowest BCUT2D eigenvalue weighted by molar-refractivity contribution is 0.304. The first-order valence-corrected chi connectivity index (χ1v) is 10.2. The van der Waals surface area contributed by atoms with E-state index >= 15 is 0 Å². The van der Waals surface area contributed by atoms with E-state index in [4.69, 9.17) is 15.2 Å². The Morgan fingerprint density at radius 3 is 2.22 bits per heavy atom. The molecular formula is C26H25N3O3. The van der Waals surface area contributed by atoms with E-state index in [1.807, 2.05) is 68.4 Å². The van der Waals surface area contributed by atoms with Crippen LogP contribution in [0.25, 0.3) is 22.4 Å². The number of aromatic nitrogens is 2. The molecule has 0 saturated heterocycles. The maximum Gasteiger partial charge on any atom is 0.220 e. The number of aryl methyl sites for hydroxylation is 2. The molecule has 1 heterocycles. The van der Waals surface area contributed by atoms with Gasteiger partial charge in [-0.3, -0.25) is 0 Å². The molecule has 0 atom stereocenters. The van der Waals surface area contributed by atoms with Crippen molar-refractivity contribution in [1.29, 1.82) is 0 Å². The Morgan fingerprint density at radius 2 is 1.56 bits per heavy atom. The molecule has 32 heavy (non-hydrogen) atoms. The van der Waals surface area contributed by atoms with Crippen molar-refractivity contribution in [3.05, 3.63) is 83.6 Å². The van der Waals surface area contributed by atoms with E-state index in [0.29, 0.717) is 23.6 Å². The van der Waals surface area contributed by atoms with Crippen molar-refractivity contribution in [2.45, 2.75) is 20.5 Å². The molecule has 0 bridgehead atoms. The second-order valence-electron chi connectivity index (χ2n) is 7.57. The second-order valence-corrected chi connectivity index (χ2v) is 7.57. The van der Waals surface area contributed by atoms with Gasteiger partial charge in [-0.1, -0.05) is 42.0 Å². The highest BCUT2D eigenvalue weighted by Crippen LogP contribution is 2.39. The highest BCUT2D eigenvalue weighted by molar-refractivity contribution is 5.85. The molecule has 0 aliphatic rings. The fourth-order valence-corrected chi connectivity index (χ4v) is 3.55. The first kappa shape index (κ1) is 21.2. The molecule has 4 rings (SSSR count). The number of methoxy groups -OCH3 is 1. The molecular weight excluding hydrogens is 402 g/mol. The third kappa shape index (κ3) is 4.49. The molecule has 1 aromatic heterocycles. The van der Waals surface area contributed by atoms with Crippen LogP contribution >= 0.6 is 0 Å². The Balaban J connectivity index is 1.67. The molecule has 0 amide bonds. The van der Waals surface area contributed by atoms with Gasteiger partial charge in [0.15, 0.2) is 0 Å². The number of nitrogens with two attached hydrogens (primary N) is 1. The molecule has 6 heteroatoms. The van der Waals surface area contributed by atoms with E-state index in [-0.39, 0.29) is 11.7 Å². The first-order chi connectivity index (χ1) is 15.4. The summed E-state index contributed by atoms with van der Waals surface area (Å²) >= 11 is 0. The lowest BCUT2D eigenvalue weighted by Crippen LogP contribution is -2.03. The molecule has 3 aromatic carbocycles. The number of rotatable bonds is 6. The number of phenols is 1. The summed E-state index contributed by atoms with van der Waals surface area (Å²) in [4.78, 5) is 8.77. The quantitative estimate of drug-likeness (QED) is 0.434. The van der Waals surface area contributed by atoms with Crippen molar-refractivity contribution in [3.63, 3.8) is 0 Å². The molecule has 0 aliphatic carbocycles. The topological polar surface area (TPSA) is 90.5 Å². The zero-order valence-corrected chi connectivity index (χ0v) is 18.3. The average molecular weight is 428 g/mol. The Morgan fingerprint density at radius 1 is 0.875 bits per heavy atom. The van der Waals surface area contributed by atoms with Crippen LogP contribution in [-0.4, -0.2) is 22.2 Å². The summed E-state index contributed by atoms with van der Waals surface area (Å²) in [5, 5.41) is 10.8. The van der Waals surface area contributed by atoms with Gasteiger partial charge in [-0.15, -0.1) is 0 Å². The molecule has 0 unspecified atom stereocenters. The number of nitrogens with zero attached hydrogens (tertiary/aromatic N) is 2. The third-order valence-corrected chi connectivity index (χ3v) is 5.24. The van der Waals surface area contributed by atoms with Gasteiger partial charge in [0.2, 0.25) is 5.95 Å². The van der Waals surface area contributed by atoms with Crippen molar-refractivity contribution in [1.82, 2.24) is 9.97 Å². The predicted molar refractivity (Wildman–Crippen MR) is 126 cm³/mol. The minimum absolute atomic E-state index is 0.0543. The molecule has 0 aliphatic heterocycles. The molecule has 0 spiro atoms. The Kier molecular flexibility index (Phi) is 5.94. The largest absolute Gasteiger partial charge is 0.507 e. The third-order valence-electron chi connectivity index (χ3n) is 5.24. The van der Waals surface area contributed by atoms with Crippen LogP contribution in [-0.2, 0) is 6.61 Å². The number of hydrogen-bond acceptors (Lipinski definition) is 6. The SMILES string of the molecule is COc1ccc(-c2c(C)nc(N)nc2-c2ccc(OCc3ccc(C)cc3)cc2O)cc1. The van der Waals surface area contributed by atoms with Crippen LogP contribution in [0.4, 0.5) is 5.95 Å². The van der Waals surface area contributed by atoms with Crippen LogP contribution in [0.3, 0.4) is 0 Å². The molecule has 0 fully saturated rings. The van der Waals surface area contributed by atoms with Crippen LogP contribution in [0.15, 0.2) is 66.7 Å². The zero-order chi connectivity index (χ0) is 22.7. The summed E-state index contributed by atoms with van der Waals surface area (Å²) in [6, 6.07) is 20.9. The molecule has 3 N–H and O–H groups in total. The average Bonchev–Trinajstić information content (AvgIpc) is 2.78. The number of nitrogen functional groups attached to an aromatic ring is 1. The van der Waals surface area contributed by atoms with Gasteiger partial charge in [-0.05, 0) is 49.2 Å². The van der Waals surface area contributed by atoms with Gasteiger partial charge in [0, 0.05) is 17.2 Å². The van der Waals surface area contributed by atoms with Gasteiger partial charge in [0.25, 0.3) is 0 Å². The number of benzene rings is 3. The van der Waals surface area contributed by atoms with E-state index in [1.165, 1.54) is 5.56 Å². The zero-order valence-electron chi connectivity index (χ0n) is 18.3. The summed E-state index contributed by atoms with van der Waals surface area (Å²) in [7, 11) is 1.62. The molecule has 4 aromatic rings. The summed E-state index contributed by atoms with van der Waals surface area (Å²) in [5.41, 5.74) is 11.7. The van der Waals surface area contributed by atoms with Crippen molar-refractivity contribution in [2.24, 2.45) is 0 Å². The lowest BCUT2D eigenvalue weighted by atomic mass is 9.97. The Labute approximate surface area is 187 Å². The van der Waals surface area contributed by atoms with Crippen LogP contribution < -0.4 is 15.2 Å². The monoisotopic (exact) mass is 427 g/mol. The standard InChI is InChI=1S/C26H25N3O3/c1-16-4-6-18(7-5-16)15-32-21-12-13-22(23(30)14-21)25-24(17(2)28-26(27)29-25)19-8-10-20(31-3)11-9-19/h4-14,30H,15H2,1-3H3,(H2,27,28,29). The summed E-state index contributed by atoms with van der Waals surface area (Å²) < 4.78 is 11.1. The van der Waals surface area contributed by atoms with Gasteiger partial charge in [-0.2, -0.15) is 0 Å². The summed E-state index contributed by atoms with van der Waals surface area (Å²) in [6.07, 6.45) is 0. The van der Waals surface area contributed by atoms with Crippen molar-refractivity contribution >= 4 is 5.95 Å². The Hall–Kier alpha value is -4.06. The smallest absolute Gasteiger partial charge is 0.220 e. The van der Waals surface area contributed by atoms with Gasteiger partial charge in [0.1, 0.15) is 23.9 Å². The number of phenolic OH excluding ortho intramolecular Hbond substituents is 1. The minimum atomic E-state index is 0.0543. The van der Waals surface area contributed by atoms with E-state index in [0.717, 1.165) is 28.1 Å². The molecule has 6 nitrogen and oxygen atoms in total. The van der Waals surface area contributed by atoms with Crippen LogP contribution in [0.5, 0.6) is 17.2 Å². The Bertz CT molecular complexity index is 1240. The predicted octanol–water partition coefficient (Wildman–Crippen LogP) is 5.30. The van der Waals surface area contributed by atoms with Gasteiger partial charge < -0.3 is 20.3 Å². The van der Waals surface area contributed by atoms with E-state index in [1.54, 1.807) is 19.2 Å². The molecule has 0 radical (unpaired) electrons. The van der Waals surface area contributed by atoms with E-state index in [9.17, 15) is 5.11 Å². The van der Waals surface area contributed by atoms with Crippen LogP contribution in [0.1, 0.15) is 16.8 Å². The van der Waals surface area contributed by atoms with E-state index < -0.39 is 0 Å². The second kappa shape index (κ2) is 8.98. The fraction of sp³-hybridized carbons (Fsp3) is 0.154. The number of hydrogen-bond donors (Lipinski definition) is 2. The van der Waals surface area contributed by atoms with Crippen molar-refractivity contribution < 1.29 is 14.6 Å². The van der Waals surface area contributed by atoms with Crippen LogP contribution in [0.2, 0.25) is 0 Å². The number of aromatic hydroxyl groups is 1. The van der Waals surface area contributed by atoms with Gasteiger partial charge in [-0.25, -0.2) is 9.97 Å².